The summed E-state index contributed by atoms with van der Waals surface area (Å²) in [6.07, 6.45) is 1.50. The van der Waals surface area contributed by atoms with Gasteiger partial charge in [0.1, 0.15) is 6.10 Å². The van der Waals surface area contributed by atoms with Gasteiger partial charge in [0.05, 0.1) is 12.5 Å². The third kappa shape index (κ3) is 8.58. The lowest BCUT2D eigenvalue weighted by Crippen LogP contribution is -2.09. The van der Waals surface area contributed by atoms with E-state index in [1.165, 1.54) is 18.2 Å². The maximum atomic E-state index is 10.2. The van der Waals surface area contributed by atoms with E-state index < -0.39 is 18.2 Å². The summed E-state index contributed by atoms with van der Waals surface area (Å²) in [6.45, 7) is 3.32. The molecule has 0 saturated carbocycles. The fourth-order valence-corrected chi connectivity index (χ4v) is 0.653. The third-order valence-electron chi connectivity index (χ3n) is 1.36. The summed E-state index contributed by atoms with van der Waals surface area (Å²) in [4.78, 5) is 10.2. The number of carboxylic acid groups (broad SMARTS) is 1. The van der Waals surface area contributed by atoms with Crippen molar-refractivity contribution >= 4 is 5.97 Å². The Morgan fingerprint density at radius 2 is 2.06 bits per heavy atom. The molecule has 0 aliphatic rings. The van der Waals surface area contributed by atoms with Gasteiger partial charge in [-0.25, -0.2) is 0 Å². The van der Waals surface area contributed by atoms with Crippen LogP contribution in [0, 0.1) is 23.7 Å². The van der Waals surface area contributed by atoms with Crippen LogP contribution in [0.15, 0.2) is 24.8 Å². The molecule has 0 fully saturated rings. The molecule has 0 spiro atoms. The van der Waals surface area contributed by atoms with Gasteiger partial charge < -0.3 is 15.3 Å². The molecule has 0 aromatic carbocycles. The average Bonchev–Trinajstić information content (AvgIpc) is 2.21. The second kappa shape index (κ2) is 8.31. The lowest BCUT2D eigenvalue weighted by molar-refractivity contribution is -0.138. The molecule has 0 radical (unpaired) electrons. The van der Waals surface area contributed by atoms with Crippen molar-refractivity contribution in [2.45, 2.75) is 18.6 Å². The number of carbonyl (C=O) groups is 1. The predicted molar refractivity (Wildman–Crippen MR) is 59.2 cm³/mol. The predicted octanol–water partition coefficient (Wildman–Crippen LogP) is -0.0681. The van der Waals surface area contributed by atoms with Crippen LogP contribution >= 0.6 is 0 Å². The summed E-state index contributed by atoms with van der Waals surface area (Å²) in [5.41, 5.74) is 0. The van der Waals surface area contributed by atoms with Gasteiger partial charge in [-0.15, -0.1) is 0 Å². The van der Waals surface area contributed by atoms with Gasteiger partial charge in [0.2, 0.25) is 0 Å². The van der Waals surface area contributed by atoms with E-state index in [0.29, 0.717) is 0 Å². The second-order valence-electron chi connectivity index (χ2n) is 2.74. The molecule has 4 heteroatoms. The highest BCUT2D eigenvalue weighted by Crippen LogP contribution is 1.92. The molecule has 0 aliphatic heterocycles. The molecular formula is C12H12O4. The number of allylic oxidation sites excluding steroid dienone is 1. The van der Waals surface area contributed by atoms with Crippen molar-refractivity contribution in [2.24, 2.45) is 0 Å². The van der Waals surface area contributed by atoms with E-state index in [1.54, 1.807) is 0 Å². The van der Waals surface area contributed by atoms with Gasteiger partial charge in [0.15, 0.2) is 0 Å². The van der Waals surface area contributed by atoms with Crippen LogP contribution in [-0.4, -0.2) is 33.5 Å². The maximum Gasteiger partial charge on any atom is 0.306 e. The van der Waals surface area contributed by atoms with E-state index in [1.807, 2.05) is 0 Å². The Morgan fingerprint density at radius 3 is 2.62 bits per heavy atom. The van der Waals surface area contributed by atoms with Gasteiger partial charge in [-0.3, -0.25) is 4.79 Å². The molecule has 3 N–H and O–H groups in total. The fourth-order valence-electron chi connectivity index (χ4n) is 0.653. The van der Waals surface area contributed by atoms with Crippen LogP contribution < -0.4 is 0 Å². The summed E-state index contributed by atoms with van der Waals surface area (Å²) in [5.74, 6) is 8.52. The first kappa shape index (κ1) is 14.0. The minimum Gasteiger partial charge on any atom is -0.481 e. The Bertz CT molecular complexity index is 387. The molecule has 4 nitrogen and oxygen atoms in total. The quantitative estimate of drug-likeness (QED) is 0.458. The summed E-state index contributed by atoms with van der Waals surface area (Å²) < 4.78 is 0. The average molecular weight is 220 g/mol. The molecule has 0 bridgehead atoms. The van der Waals surface area contributed by atoms with E-state index in [4.69, 9.17) is 15.3 Å². The minimum absolute atomic E-state index is 0.362. The highest BCUT2D eigenvalue weighted by molar-refractivity contribution is 5.67. The van der Waals surface area contributed by atoms with E-state index in [9.17, 15) is 4.79 Å². The number of carboxylic acids is 1. The van der Waals surface area contributed by atoms with E-state index >= 15 is 0 Å². The van der Waals surface area contributed by atoms with E-state index in [-0.39, 0.29) is 6.42 Å². The highest BCUT2D eigenvalue weighted by Gasteiger charge is 2.03. The van der Waals surface area contributed by atoms with Crippen LogP contribution in [0.4, 0.5) is 0 Å². The number of aliphatic hydroxyl groups is 2. The zero-order valence-electron chi connectivity index (χ0n) is 8.55. The number of hydrogen-bond acceptors (Lipinski definition) is 3. The molecule has 0 unspecified atom stereocenters. The minimum atomic E-state index is -1.08. The summed E-state index contributed by atoms with van der Waals surface area (Å²) in [7, 11) is 0. The van der Waals surface area contributed by atoms with Gasteiger partial charge in [0, 0.05) is 0 Å². The number of rotatable bonds is 4. The smallest absolute Gasteiger partial charge is 0.306 e. The molecule has 0 aromatic heterocycles. The van der Waals surface area contributed by atoms with Gasteiger partial charge >= 0.3 is 5.97 Å². The molecule has 0 amide bonds. The SMILES string of the molecule is C=C[C@@H](O)C#CC#C/C=C/[C@@H](O)CC(=O)O. The van der Waals surface area contributed by atoms with Crippen LogP contribution in [0.25, 0.3) is 0 Å². The molecule has 2 atom stereocenters. The number of aliphatic carboxylic acids is 1. The fraction of sp³-hybridized carbons (Fsp3) is 0.250. The topological polar surface area (TPSA) is 77.8 Å². The Morgan fingerprint density at radius 1 is 1.38 bits per heavy atom. The first-order valence-corrected chi connectivity index (χ1v) is 4.44. The first-order valence-electron chi connectivity index (χ1n) is 4.44. The largest absolute Gasteiger partial charge is 0.481 e. The Balaban J connectivity index is 4.07. The monoisotopic (exact) mass is 220 g/mol. The van der Waals surface area contributed by atoms with E-state index in [2.05, 4.69) is 30.3 Å². The number of hydrogen-bond donors (Lipinski definition) is 3. The molecule has 0 aliphatic carbocycles. The summed E-state index contributed by atoms with van der Waals surface area (Å²) in [5, 5.41) is 26.3. The Hall–Kier alpha value is -2.01. The molecule has 84 valence electrons. The van der Waals surface area contributed by atoms with Gasteiger partial charge in [0.25, 0.3) is 0 Å². The van der Waals surface area contributed by atoms with Gasteiger partial charge in [-0.2, -0.15) is 0 Å². The Kier molecular flexibility index (Phi) is 7.27. The van der Waals surface area contributed by atoms with Crippen molar-refractivity contribution in [3.05, 3.63) is 24.8 Å². The van der Waals surface area contributed by atoms with Crippen molar-refractivity contribution in [2.75, 3.05) is 0 Å². The van der Waals surface area contributed by atoms with Crippen molar-refractivity contribution in [3.63, 3.8) is 0 Å². The maximum absolute atomic E-state index is 10.2. The van der Waals surface area contributed by atoms with Crippen LogP contribution in [0.2, 0.25) is 0 Å². The third-order valence-corrected chi connectivity index (χ3v) is 1.36. The number of aliphatic hydroxyl groups excluding tert-OH is 2. The molecule has 0 saturated heterocycles. The van der Waals surface area contributed by atoms with Crippen LogP contribution in [0.5, 0.6) is 0 Å². The van der Waals surface area contributed by atoms with Crippen LogP contribution in [0.1, 0.15) is 6.42 Å². The van der Waals surface area contributed by atoms with Crippen molar-refractivity contribution < 1.29 is 20.1 Å². The summed E-state index contributed by atoms with van der Waals surface area (Å²) in [6, 6.07) is 0. The van der Waals surface area contributed by atoms with E-state index in [0.717, 1.165) is 0 Å². The Labute approximate surface area is 93.9 Å². The normalized spacial score (nSPS) is 12.9. The molecular weight excluding hydrogens is 208 g/mol. The zero-order chi connectivity index (χ0) is 12.4. The van der Waals surface area contributed by atoms with Gasteiger partial charge in [-0.05, 0) is 24.0 Å². The standard InChI is InChI=1S/C12H12O4/c1-2-10(13)7-5-3-4-6-8-11(14)9-12(15)16/h2,6,8,10-11,13-14H,1,9H2,(H,15,16)/b8-6+/t10-,11-/m1/s1. The van der Waals surface area contributed by atoms with Crippen molar-refractivity contribution in [1.29, 1.82) is 0 Å². The summed E-state index contributed by atoms with van der Waals surface area (Å²) >= 11 is 0. The molecule has 0 rings (SSSR count). The van der Waals surface area contributed by atoms with Gasteiger partial charge in [-0.1, -0.05) is 24.5 Å². The van der Waals surface area contributed by atoms with Crippen molar-refractivity contribution in [1.82, 2.24) is 0 Å². The first-order chi connectivity index (χ1) is 7.56. The molecule has 16 heavy (non-hydrogen) atoms. The van der Waals surface area contributed by atoms with Crippen LogP contribution in [-0.2, 0) is 4.79 Å². The molecule has 0 aromatic rings. The lowest BCUT2D eigenvalue weighted by atomic mass is 10.2. The zero-order valence-corrected chi connectivity index (χ0v) is 8.55. The van der Waals surface area contributed by atoms with Crippen LogP contribution in [0.3, 0.4) is 0 Å². The lowest BCUT2D eigenvalue weighted by Gasteiger charge is -1.97. The highest BCUT2D eigenvalue weighted by atomic mass is 16.4. The second-order valence-corrected chi connectivity index (χ2v) is 2.74. The molecule has 0 heterocycles. The van der Waals surface area contributed by atoms with Crippen molar-refractivity contribution in [3.8, 4) is 23.7 Å².